The van der Waals surface area contributed by atoms with Crippen LogP contribution in [0.15, 0.2) is 30.5 Å². The Hall–Kier alpha value is -2.63. The lowest BCUT2D eigenvalue weighted by Crippen LogP contribution is -2.29. The van der Waals surface area contributed by atoms with Crippen molar-refractivity contribution in [1.82, 2.24) is 14.9 Å². The first kappa shape index (κ1) is 15.3. The Balaban J connectivity index is 2.05. The molecule has 1 aliphatic rings. The number of nitrogens with zero attached hydrogens (tertiary/aromatic N) is 3. The summed E-state index contributed by atoms with van der Waals surface area (Å²) >= 11 is 0. The fourth-order valence-corrected chi connectivity index (χ4v) is 3.08. The zero-order valence-corrected chi connectivity index (χ0v) is 13.3. The molecule has 0 saturated carbocycles. The molecule has 2 N–H and O–H groups in total. The van der Waals surface area contributed by atoms with Crippen LogP contribution >= 0.6 is 0 Å². The van der Waals surface area contributed by atoms with E-state index in [1.165, 1.54) is 0 Å². The van der Waals surface area contributed by atoms with Crippen LogP contribution in [0.3, 0.4) is 0 Å². The number of methoxy groups -OCH3 is 1. The minimum Gasteiger partial charge on any atom is -0.497 e. The van der Waals surface area contributed by atoms with E-state index in [-0.39, 0.29) is 17.9 Å². The van der Waals surface area contributed by atoms with Crippen molar-refractivity contribution >= 4 is 11.9 Å². The van der Waals surface area contributed by atoms with Gasteiger partial charge in [-0.2, -0.15) is 0 Å². The number of anilines is 1. The van der Waals surface area contributed by atoms with Gasteiger partial charge in [-0.3, -0.25) is 4.79 Å². The summed E-state index contributed by atoms with van der Waals surface area (Å²) in [6.07, 6.45) is 3.59. The number of carbonyl (C=O) groups is 1. The van der Waals surface area contributed by atoms with Gasteiger partial charge in [-0.25, -0.2) is 9.97 Å². The van der Waals surface area contributed by atoms with Crippen LogP contribution in [0.5, 0.6) is 5.75 Å². The summed E-state index contributed by atoms with van der Waals surface area (Å²) in [6.45, 7) is 2.35. The third kappa shape index (κ3) is 2.97. The van der Waals surface area contributed by atoms with Gasteiger partial charge in [-0.1, -0.05) is 12.1 Å². The molecule has 0 aliphatic carbocycles. The Morgan fingerprint density at radius 2 is 2.09 bits per heavy atom. The van der Waals surface area contributed by atoms with Gasteiger partial charge in [-0.05, 0) is 30.5 Å². The molecule has 120 valence electrons. The second-order valence-corrected chi connectivity index (χ2v) is 5.63. The Morgan fingerprint density at radius 3 is 2.74 bits per heavy atom. The van der Waals surface area contributed by atoms with Crippen molar-refractivity contribution in [3.63, 3.8) is 0 Å². The highest BCUT2D eigenvalue weighted by Gasteiger charge is 2.31. The van der Waals surface area contributed by atoms with Crippen molar-refractivity contribution in [3.05, 3.63) is 36.2 Å². The Bertz CT molecular complexity index is 715. The molecule has 6 heteroatoms. The van der Waals surface area contributed by atoms with E-state index in [9.17, 15) is 4.79 Å². The van der Waals surface area contributed by atoms with Crippen LogP contribution in [0, 0.1) is 0 Å². The molecular formula is C17H20N4O2. The van der Waals surface area contributed by atoms with Crippen molar-refractivity contribution in [3.8, 4) is 16.9 Å². The minimum atomic E-state index is -0.0464. The lowest BCUT2D eigenvalue weighted by Gasteiger charge is -2.24. The molecule has 3 rings (SSSR count). The summed E-state index contributed by atoms with van der Waals surface area (Å²) in [6, 6.07) is 7.67. The molecule has 1 unspecified atom stereocenters. The first-order chi connectivity index (χ1) is 11.1. The average Bonchev–Trinajstić information content (AvgIpc) is 3.05. The summed E-state index contributed by atoms with van der Waals surface area (Å²) in [7, 11) is 1.63. The highest BCUT2D eigenvalue weighted by molar-refractivity contribution is 5.75. The normalized spacial score (nSPS) is 17.3. The zero-order chi connectivity index (χ0) is 16.4. The molecule has 6 nitrogen and oxygen atoms in total. The first-order valence-electron chi connectivity index (χ1n) is 7.64. The number of carbonyl (C=O) groups excluding carboxylic acids is 1. The number of hydrogen-bond donors (Lipinski definition) is 1. The number of aromatic nitrogens is 2. The van der Waals surface area contributed by atoms with Crippen molar-refractivity contribution in [2.24, 2.45) is 0 Å². The number of ether oxygens (including phenoxy) is 1. The Kier molecular flexibility index (Phi) is 4.14. The molecule has 1 saturated heterocycles. The van der Waals surface area contributed by atoms with Gasteiger partial charge in [0.25, 0.3) is 0 Å². The molecule has 1 aromatic carbocycles. The van der Waals surface area contributed by atoms with Gasteiger partial charge in [0.15, 0.2) is 0 Å². The second kappa shape index (κ2) is 6.24. The van der Waals surface area contributed by atoms with Crippen LogP contribution in [-0.2, 0) is 4.79 Å². The Morgan fingerprint density at radius 1 is 1.35 bits per heavy atom. The lowest BCUT2D eigenvalue weighted by atomic mass is 9.99. The number of amides is 1. The van der Waals surface area contributed by atoms with Crippen molar-refractivity contribution in [2.75, 3.05) is 19.4 Å². The molecule has 23 heavy (non-hydrogen) atoms. The van der Waals surface area contributed by atoms with Gasteiger partial charge in [-0.15, -0.1) is 0 Å². The summed E-state index contributed by atoms with van der Waals surface area (Å²) < 4.78 is 5.20. The maximum atomic E-state index is 11.9. The van der Waals surface area contributed by atoms with Gasteiger partial charge in [0.1, 0.15) is 5.75 Å². The second-order valence-electron chi connectivity index (χ2n) is 5.63. The Labute approximate surface area is 135 Å². The summed E-state index contributed by atoms with van der Waals surface area (Å²) in [5.41, 5.74) is 8.50. The summed E-state index contributed by atoms with van der Waals surface area (Å²) in [5.74, 6) is 1.08. The third-order valence-electron chi connectivity index (χ3n) is 4.21. The SMILES string of the molecule is COc1ccc(-c2cnc(N)nc2C2CCCN2C(C)=O)cc1. The van der Waals surface area contributed by atoms with Crippen LogP contribution in [0.4, 0.5) is 5.95 Å². The molecule has 1 fully saturated rings. The van der Waals surface area contributed by atoms with E-state index in [1.807, 2.05) is 29.2 Å². The average molecular weight is 312 g/mol. The van der Waals surface area contributed by atoms with Crippen molar-refractivity contribution in [1.29, 1.82) is 0 Å². The lowest BCUT2D eigenvalue weighted by molar-refractivity contribution is -0.129. The quantitative estimate of drug-likeness (QED) is 0.941. The van der Waals surface area contributed by atoms with E-state index in [0.29, 0.717) is 0 Å². The predicted octanol–water partition coefficient (Wildman–Crippen LogP) is 2.42. The van der Waals surface area contributed by atoms with Crippen LogP contribution in [0.2, 0.25) is 0 Å². The molecule has 1 amide bonds. The first-order valence-corrected chi connectivity index (χ1v) is 7.64. The van der Waals surface area contributed by atoms with E-state index >= 15 is 0 Å². The molecule has 0 radical (unpaired) electrons. The summed E-state index contributed by atoms with van der Waals surface area (Å²) in [5, 5.41) is 0. The number of nitrogen functional groups attached to an aromatic ring is 1. The van der Waals surface area contributed by atoms with Gasteiger partial charge in [0, 0.05) is 25.2 Å². The van der Waals surface area contributed by atoms with Crippen LogP contribution in [0.25, 0.3) is 11.1 Å². The van der Waals surface area contributed by atoms with Crippen LogP contribution < -0.4 is 10.5 Å². The van der Waals surface area contributed by atoms with E-state index in [2.05, 4.69) is 9.97 Å². The fraction of sp³-hybridized carbons (Fsp3) is 0.353. The van der Waals surface area contributed by atoms with Crippen LogP contribution in [0.1, 0.15) is 31.5 Å². The van der Waals surface area contributed by atoms with Gasteiger partial charge >= 0.3 is 0 Å². The largest absolute Gasteiger partial charge is 0.497 e. The molecule has 2 aromatic rings. The van der Waals surface area contributed by atoms with E-state index < -0.39 is 0 Å². The minimum absolute atomic E-state index is 0.0464. The molecule has 0 spiro atoms. The molecule has 1 atom stereocenters. The summed E-state index contributed by atoms with van der Waals surface area (Å²) in [4.78, 5) is 22.3. The molecular weight excluding hydrogens is 292 g/mol. The van der Waals surface area contributed by atoms with E-state index in [4.69, 9.17) is 10.5 Å². The van der Waals surface area contributed by atoms with Crippen molar-refractivity contribution < 1.29 is 9.53 Å². The highest BCUT2D eigenvalue weighted by atomic mass is 16.5. The maximum Gasteiger partial charge on any atom is 0.220 e. The standard InChI is InChI=1S/C17H20N4O2/c1-11(22)21-9-3-4-15(21)16-14(10-19-17(18)20-16)12-5-7-13(23-2)8-6-12/h5-8,10,15H,3-4,9H2,1-2H3,(H2,18,19,20). The number of nitrogens with two attached hydrogens (primary N) is 1. The van der Waals surface area contributed by atoms with Gasteiger partial charge in [0.05, 0.1) is 18.8 Å². The van der Waals surface area contributed by atoms with Crippen LogP contribution in [-0.4, -0.2) is 34.4 Å². The third-order valence-corrected chi connectivity index (χ3v) is 4.21. The van der Waals surface area contributed by atoms with E-state index in [0.717, 1.165) is 42.0 Å². The van der Waals surface area contributed by atoms with E-state index in [1.54, 1.807) is 20.2 Å². The smallest absolute Gasteiger partial charge is 0.220 e. The number of benzene rings is 1. The fourth-order valence-electron chi connectivity index (χ4n) is 3.08. The monoisotopic (exact) mass is 312 g/mol. The maximum absolute atomic E-state index is 11.9. The van der Waals surface area contributed by atoms with Gasteiger partial charge < -0.3 is 15.4 Å². The number of likely N-dealkylation sites (tertiary alicyclic amines) is 1. The molecule has 2 heterocycles. The van der Waals surface area contributed by atoms with Crippen molar-refractivity contribution in [2.45, 2.75) is 25.8 Å². The topological polar surface area (TPSA) is 81.3 Å². The number of rotatable bonds is 3. The molecule has 0 bridgehead atoms. The highest BCUT2D eigenvalue weighted by Crippen LogP contribution is 2.36. The number of hydrogen-bond acceptors (Lipinski definition) is 5. The molecule has 1 aromatic heterocycles. The predicted molar refractivity (Wildman–Crippen MR) is 87.8 cm³/mol. The zero-order valence-electron chi connectivity index (χ0n) is 13.3. The van der Waals surface area contributed by atoms with Gasteiger partial charge in [0.2, 0.25) is 11.9 Å². The molecule has 1 aliphatic heterocycles.